The van der Waals surface area contributed by atoms with Gasteiger partial charge in [0.25, 0.3) is 0 Å². The van der Waals surface area contributed by atoms with Crippen molar-refractivity contribution in [1.82, 2.24) is 9.97 Å². The minimum absolute atomic E-state index is 0.125. The number of rotatable bonds is 5. The predicted molar refractivity (Wildman–Crippen MR) is 86.8 cm³/mol. The molecule has 2 heterocycles. The zero-order valence-electron chi connectivity index (χ0n) is 12.0. The summed E-state index contributed by atoms with van der Waals surface area (Å²) < 4.78 is 5.16. The van der Waals surface area contributed by atoms with Crippen LogP contribution < -0.4 is 10.5 Å². The third kappa shape index (κ3) is 2.87. The van der Waals surface area contributed by atoms with Crippen LogP contribution in [0.1, 0.15) is 5.69 Å². The summed E-state index contributed by atoms with van der Waals surface area (Å²) in [6.45, 7) is 0. The molecule has 0 bridgehead atoms. The van der Waals surface area contributed by atoms with E-state index < -0.39 is 5.91 Å². The van der Waals surface area contributed by atoms with Gasteiger partial charge < -0.3 is 15.5 Å². The number of nitrogens with zero attached hydrogens (tertiary/aromatic N) is 1. The lowest BCUT2D eigenvalue weighted by molar-refractivity contribution is -0.117. The third-order valence-corrected chi connectivity index (χ3v) is 4.12. The monoisotopic (exact) mass is 313 g/mol. The highest BCUT2D eigenvalue weighted by molar-refractivity contribution is 7.13. The van der Waals surface area contributed by atoms with Gasteiger partial charge in [-0.2, -0.15) is 0 Å². The van der Waals surface area contributed by atoms with Crippen molar-refractivity contribution in [2.24, 2.45) is 5.73 Å². The largest absolute Gasteiger partial charge is 0.497 e. The fraction of sp³-hybridized carbons (Fsp3) is 0.125. The number of H-pyrrole nitrogens is 1. The number of ether oxygens (including phenoxy) is 1. The molecule has 112 valence electrons. The van der Waals surface area contributed by atoms with Crippen LogP contribution in [0.5, 0.6) is 5.75 Å². The number of hydrogen-bond donors (Lipinski definition) is 2. The molecular weight excluding hydrogens is 298 g/mol. The van der Waals surface area contributed by atoms with Gasteiger partial charge in [-0.05, 0) is 35.7 Å². The molecule has 0 fully saturated rings. The van der Waals surface area contributed by atoms with Crippen LogP contribution in [0.25, 0.3) is 22.0 Å². The first-order chi connectivity index (χ1) is 10.7. The number of imidazole rings is 1. The molecular formula is C16H15N3O2S. The Kier molecular flexibility index (Phi) is 3.93. The Morgan fingerprint density at radius 2 is 2.09 bits per heavy atom. The Bertz CT molecular complexity index is 776. The molecule has 5 nitrogen and oxygen atoms in total. The molecule has 0 saturated carbocycles. The van der Waals surface area contributed by atoms with Gasteiger partial charge in [0.15, 0.2) is 0 Å². The van der Waals surface area contributed by atoms with Crippen molar-refractivity contribution < 1.29 is 9.53 Å². The summed E-state index contributed by atoms with van der Waals surface area (Å²) in [5.41, 5.74) is 7.72. The summed E-state index contributed by atoms with van der Waals surface area (Å²) in [7, 11) is 1.62. The second-order valence-electron chi connectivity index (χ2n) is 4.76. The van der Waals surface area contributed by atoms with Crippen LogP contribution in [0.4, 0.5) is 0 Å². The van der Waals surface area contributed by atoms with E-state index in [1.165, 1.54) is 0 Å². The number of thiophene rings is 1. The van der Waals surface area contributed by atoms with Gasteiger partial charge in [-0.15, -0.1) is 11.3 Å². The highest BCUT2D eigenvalue weighted by Gasteiger charge is 2.15. The minimum atomic E-state index is -0.392. The summed E-state index contributed by atoms with van der Waals surface area (Å²) in [5.74, 6) is 1.13. The highest BCUT2D eigenvalue weighted by Crippen LogP contribution is 2.29. The van der Waals surface area contributed by atoms with Crippen molar-refractivity contribution in [3.8, 4) is 27.7 Å². The second-order valence-corrected chi connectivity index (χ2v) is 5.71. The molecule has 0 spiro atoms. The Hall–Kier alpha value is -2.60. The number of nitrogens with one attached hydrogen (secondary N) is 1. The summed E-state index contributed by atoms with van der Waals surface area (Å²) in [5, 5.41) is 1.98. The molecule has 0 atom stereocenters. The van der Waals surface area contributed by atoms with Crippen LogP contribution in [0.15, 0.2) is 41.8 Å². The first-order valence-electron chi connectivity index (χ1n) is 6.73. The average Bonchev–Trinajstić information content (AvgIpc) is 3.16. The molecule has 3 N–H and O–H groups in total. The van der Waals surface area contributed by atoms with E-state index in [1.54, 1.807) is 18.4 Å². The molecule has 0 unspecified atom stereocenters. The molecule has 0 saturated heterocycles. The molecule has 0 radical (unpaired) electrons. The number of carbonyl (C=O) groups is 1. The molecule has 0 aliphatic heterocycles. The molecule has 22 heavy (non-hydrogen) atoms. The molecule has 2 aromatic heterocycles. The van der Waals surface area contributed by atoms with Gasteiger partial charge in [0.2, 0.25) is 5.91 Å². The van der Waals surface area contributed by atoms with Gasteiger partial charge >= 0.3 is 0 Å². The third-order valence-electron chi connectivity index (χ3n) is 3.25. The van der Waals surface area contributed by atoms with Crippen molar-refractivity contribution in [1.29, 1.82) is 0 Å². The van der Waals surface area contributed by atoms with Crippen molar-refractivity contribution >= 4 is 17.2 Å². The normalized spacial score (nSPS) is 10.6. The summed E-state index contributed by atoms with van der Waals surface area (Å²) >= 11 is 1.59. The van der Waals surface area contributed by atoms with Gasteiger partial charge in [-0.3, -0.25) is 4.79 Å². The van der Waals surface area contributed by atoms with Gasteiger partial charge in [-0.1, -0.05) is 6.07 Å². The SMILES string of the molecule is COc1ccc(-c2nc(-c3cccs3)[nH]c2CC(N)=O)cc1. The van der Waals surface area contributed by atoms with E-state index in [0.717, 1.165) is 33.4 Å². The first kappa shape index (κ1) is 14.3. The van der Waals surface area contributed by atoms with Crippen molar-refractivity contribution in [3.05, 3.63) is 47.5 Å². The lowest BCUT2D eigenvalue weighted by Crippen LogP contribution is -2.14. The quantitative estimate of drug-likeness (QED) is 0.760. The molecule has 3 rings (SSSR count). The lowest BCUT2D eigenvalue weighted by atomic mass is 10.1. The number of methoxy groups -OCH3 is 1. The molecule has 1 amide bonds. The predicted octanol–water partition coefficient (Wildman–Crippen LogP) is 2.84. The fourth-order valence-electron chi connectivity index (χ4n) is 2.23. The van der Waals surface area contributed by atoms with E-state index >= 15 is 0 Å². The van der Waals surface area contributed by atoms with E-state index in [2.05, 4.69) is 9.97 Å². The van der Waals surface area contributed by atoms with E-state index in [9.17, 15) is 4.79 Å². The number of nitrogens with two attached hydrogens (primary N) is 1. The van der Waals surface area contributed by atoms with Crippen LogP contribution in [-0.4, -0.2) is 23.0 Å². The Morgan fingerprint density at radius 1 is 1.32 bits per heavy atom. The number of amides is 1. The maximum Gasteiger partial charge on any atom is 0.223 e. The summed E-state index contributed by atoms with van der Waals surface area (Å²) in [4.78, 5) is 20.2. The van der Waals surface area contributed by atoms with E-state index in [0.29, 0.717) is 0 Å². The maximum atomic E-state index is 11.3. The van der Waals surface area contributed by atoms with E-state index in [4.69, 9.17) is 10.5 Å². The van der Waals surface area contributed by atoms with E-state index in [-0.39, 0.29) is 6.42 Å². The van der Waals surface area contributed by atoms with Crippen LogP contribution in [-0.2, 0) is 11.2 Å². The van der Waals surface area contributed by atoms with Crippen molar-refractivity contribution in [3.63, 3.8) is 0 Å². The maximum absolute atomic E-state index is 11.3. The number of hydrogen-bond acceptors (Lipinski definition) is 4. The number of aromatic amines is 1. The van der Waals surface area contributed by atoms with E-state index in [1.807, 2.05) is 41.8 Å². The molecule has 6 heteroatoms. The van der Waals surface area contributed by atoms with Crippen molar-refractivity contribution in [2.45, 2.75) is 6.42 Å². The number of benzene rings is 1. The number of aromatic nitrogens is 2. The van der Waals surface area contributed by atoms with Crippen molar-refractivity contribution in [2.75, 3.05) is 7.11 Å². The standard InChI is InChI=1S/C16H15N3O2S/c1-21-11-6-4-10(5-7-11)15-12(9-14(17)20)18-16(19-15)13-3-2-8-22-13/h2-8H,9H2,1H3,(H2,17,20)(H,18,19). The molecule has 0 aliphatic rings. The number of carbonyl (C=O) groups excluding carboxylic acids is 1. The van der Waals surface area contributed by atoms with Gasteiger partial charge in [-0.25, -0.2) is 4.98 Å². The lowest BCUT2D eigenvalue weighted by Gasteiger charge is -2.03. The minimum Gasteiger partial charge on any atom is -0.497 e. The van der Waals surface area contributed by atoms with Crippen LogP contribution in [0, 0.1) is 0 Å². The average molecular weight is 313 g/mol. The molecule has 1 aromatic carbocycles. The Balaban J connectivity index is 2.05. The first-order valence-corrected chi connectivity index (χ1v) is 7.61. The summed E-state index contributed by atoms with van der Waals surface area (Å²) in [6, 6.07) is 11.5. The van der Waals surface area contributed by atoms with Gasteiger partial charge in [0.1, 0.15) is 11.6 Å². The topological polar surface area (TPSA) is 81.0 Å². The smallest absolute Gasteiger partial charge is 0.223 e. The summed E-state index contributed by atoms with van der Waals surface area (Å²) in [6.07, 6.45) is 0.125. The zero-order chi connectivity index (χ0) is 15.5. The van der Waals surface area contributed by atoms with Gasteiger partial charge in [0.05, 0.1) is 29.8 Å². The van der Waals surface area contributed by atoms with Gasteiger partial charge in [0, 0.05) is 5.56 Å². The Labute approximate surface area is 131 Å². The van der Waals surface area contributed by atoms with Crippen LogP contribution in [0.2, 0.25) is 0 Å². The van der Waals surface area contributed by atoms with Crippen LogP contribution in [0.3, 0.4) is 0 Å². The zero-order valence-corrected chi connectivity index (χ0v) is 12.8. The molecule has 0 aliphatic carbocycles. The Morgan fingerprint density at radius 3 is 2.68 bits per heavy atom. The number of primary amides is 1. The van der Waals surface area contributed by atoms with Crippen LogP contribution >= 0.6 is 11.3 Å². The molecule has 3 aromatic rings. The fourth-order valence-corrected chi connectivity index (χ4v) is 2.90. The second kappa shape index (κ2) is 6.03. The highest BCUT2D eigenvalue weighted by atomic mass is 32.1.